The lowest BCUT2D eigenvalue weighted by Crippen LogP contribution is -1.91. The van der Waals surface area contributed by atoms with Gasteiger partial charge in [-0.2, -0.15) is 0 Å². The molecule has 0 fully saturated rings. The molecule has 3 rings (SSSR count). The highest BCUT2D eigenvalue weighted by Gasteiger charge is 2.25. The second-order valence-corrected chi connectivity index (χ2v) is 4.75. The maximum atomic E-state index is 9.76. The summed E-state index contributed by atoms with van der Waals surface area (Å²) >= 11 is 0. The van der Waals surface area contributed by atoms with Crippen molar-refractivity contribution < 1.29 is 24.1 Å². The first-order valence-corrected chi connectivity index (χ1v) is 6.63. The minimum absolute atomic E-state index is 0.0509. The summed E-state index contributed by atoms with van der Waals surface area (Å²) in [5.74, 6) is 1.75. The van der Waals surface area contributed by atoms with Crippen LogP contribution < -0.4 is 9.47 Å². The summed E-state index contributed by atoms with van der Waals surface area (Å²) in [6, 6.07) is 11.4. The minimum atomic E-state index is 0.0509. The van der Waals surface area contributed by atoms with Crippen LogP contribution in [0.2, 0.25) is 0 Å². The molecule has 0 saturated carbocycles. The number of hydrogen-bond donors (Lipinski definition) is 2. The Balaban J connectivity index is 2.28. The molecule has 0 spiro atoms. The summed E-state index contributed by atoms with van der Waals surface area (Å²) in [4.78, 5) is 0. The molecular formula is C17H15O5+. The highest BCUT2D eigenvalue weighted by Crippen LogP contribution is 2.39. The van der Waals surface area contributed by atoms with Crippen molar-refractivity contribution in [2.45, 2.75) is 0 Å². The largest absolute Gasteiger partial charge is 0.508 e. The van der Waals surface area contributed by atoms with Crippen molar-refractivity contribution >= 4 is 11.0 Å². The van der Waals surface area contributed by atoms with Crippen LogP contribution in [0, 0.1) is 0 Å². The van der Waals surface area contributed by atoms with Crippen molar-refractivity contribution in [2.75, 3.05) is 14.2 Å². The Labute approximate surface area is 127 Å². The van der Waals surface area contributed by atoms with Gasteiger partial charge in [0.2, 0.25) is 5.75 Å². The van der Waals surface area contributed by atoms with Gasteiger partial charge in [-0.25, -0.2) is 4.42 Å². The zero-order chi connectivity index (χ0) is 15.7. The van der Waals surface area contributed by atoms with Gasteiger partial charge in [0.25, 0.3) is 0 Å². The van der Waals surface area contributed by atoms with E-state index in [2.05, 4.69) is 0 Å². The number of hydrogen-bond acceptors (Lipinski definition) is 4. The molecule has 0 radical (unpaired) electrons. The molecule has 0 amide bonds. The molecule has 0 unspecified atom stereocenters. The predicted molar refractivity (Wildman–Crippen MR) is 82.5 cm³/mol. The van der Waals surface area contributed by atoms with E-state index in [0.717, 1.165) is 5.56 Å². The van der Waals surface area contributed by atoms with Gasteiger partial charge in [0.15, 0.2) is 0 Å². The fraction of sp³-hybridized carbons (Fsp3) is 0.118. The molecule has 22 heavy (non-hydrogen) atoms. The number of phenols is 2. The third-order valence-electron chi connectivity index (χ3n) is 3.37. The van der Waals surface area contributed by atoms with E-state index in [0.29, 0.717) is 28.2 Å². The standard InChI is InChI=1S/C17H14O5/c1-20-14-7-12(19)8-15-13(14)9-16(21-2)17(22-15)10-3-5-11(18)6-4-10/h3-9H,1-2H3,(H-,18,19)/p+1. The van der Waals surface area contributed by atoms with Crippen molar-refractivity contribution in [3.8, 4) is 34.3 Å². The smallest absolute Gasteiger partial charge is 0.402 e. The highest BCUT2D eigenvalue weighted by molar-refractivity contribution is 5.88. The van der Waals surface area contributed by atoms with Crippen LogP contribution in [0.15, 0.2) is 46.9 Å². The number of ether oxygens (including phenoxy) is 2. The second-order valence-electron chi connectivity index (χ2n) is 4.75. The van der Waals surface area contributed by atoms with E-state index in [1.165, 1.54) is 19.2 Å². The van der Waals surface area contributed by atoms with E-state index >= 15 is 0 Å². The minimum Gasteiger partial charge on any atom is -0.508 e. The molecule has 1 aromatic heterocycles. The van der Waals surface area contributed by atoms with Gasteiger partial charge in [0.1, 0.15) is 22.6 Å². The van der Waals surface area contributed by atoms with Crippen molar-refractivity contribution in [1.29, 1.82) is 0 Å². The van der Waals surface area contributed by atoms with Gasteiger partial charge >= 0.3 is 11.3 Å². The molecule has 2 N–H and O–H groups in total. The van der Waals surface area contributed by atoms with Crippen LogP contribution >= 0.6 is 0 Å². The lowest BCUT2D eigenvalue weighted by Gasteiger charge is -2.05. The number of methoxy groups -OCH3 is 2. The quantitative estimate of drug-likeness (QED) is 0.720. The highest BCUT2D eigenvalue weighted by atomic mass is 16.5. The monoisotopic (exact) mass is 299 g/mol. The van der Waals surface area contributed by atoms with Gasteiger partial charge in [-0.3, -0.25) is 0 Å². The lowest BCUT2D eigenvalue weighted by molar-refractivity contribution is 0.397. The molecule has 0 aliphatic heterocycles. The van der Waals surface area contributed by atoms with Crippen LogP contribution in [-0.2, 0) is 0 Å². The second kappa shape index (κ2) is 5.44. The van der Waals surface area contributed by atoms with Crippen LogP contribution in [0.4, 0.5) is 0 Å². The molecule has 0 saturated heterocycles. The fourth-order valence-corrected chi connectivity index (χ4v) is 2.31. The van der Waals surface area contributed by atoms with Crippen LogP contribution in [-0.4, -0.2) is 24.4 Å². The van der Waals surface area contributed by atoms with Gasteiger partial charge in [0, 0.05) is 12.1 Å². The molecule has 1 heterocycles. The first-order chi connectivity index (χ1) is 10.6. The Morgan fingerprint density at radius 2 is 1.50 bits per heavy atom. The molecule has 0 aliphatic carbocycles. The van der Waals surface area contributed by atoms with Crippen LogP contribution in [0.5, 0.6) is 23.0 Å². The molecular weight excluding hydrogens is 284 g/mol. The summed E-state index contributed by atoms with van der Waals surface area (Å²) < 4.78 is 16.5. The molecule has 0 bridgehead atoms. The van der Waals surface area contributed by atoms with E-state index in [9.17, 15) is 10.2 Å². The van der Waals surface area contributed by atoms with Crippen molar-refractivity contribution in [2.24, 2.45) is 0 Å². The summed E-state index contributed by atoms with van der Waals surface area (Å²) in [5.41, 5.74) is 1.22. The molecule has 5 heteroatoms. The lowest BCUT2D eigenvalue weighted by atomic mass is 10.1. The Kier molecular flexibility index (Phi) is 3.47. The van der Waals surface area contributed by atoms with Gasteiger partial charge in [0.05, 0.1) is 25.8 Å². The van der Waals surface area contributed by atoms with Crippen molar-refractivity contribution in [3.05, 3.63) is 42.5 Å². The van der Waals surface area contributed by atoms with E-state index < -0.39 is 0 Å². The van der Waals surface area contributed by atoms with Gasteiger partial charge in [-0.15, -0.1) is 0 Å². The fourth-order valence-electron chi connectivity index (χ4n) is 2.31. The maximum absolute atomic E-state index is 9.76. The number of benzene rings is 2. The number of phenolic OH excluding ortho intramolecular Hbond substituents is 2. The third kappa shape index (κ3) is 2.37. The molecule has 0 atom stereocenters. The number of fused-ring (bicyclic) bond motifs is 1. The topological polar surface area (TPSA) is 70.2 Å². The van der Waals surface area contributed by atoms with Gasteiger partial charge < -0.3 is 19.7 Å². The van der Waals surface area contributed by atoms with Crippen LogP contribution in [0.3, 0.4) is 0 Å². The first kappa shape index (κ1) is 14.0. The molecule has 5 nitrogen and oxygen atoms in total. The number of aromatic hydroxyl groups is 2. The van der Waals surface area contributed by atoms with Crippen molar-refractivity contribution in [1.82, 2.24) is 0 Å². The Morgan fingerprint density at radius 3 is 2.14 bits per heavy atom. The van der Waals surface area contributed by atoms with Crippen molar-refractivity contribution in [3.63, 3.8) is 0 Å². The molecule has 3 aromatic rings. The molecule has 2 aromatic carbocycles. The first-order valence-electron chi connectivity index (χ1n) is 6.63. The third-order valence-corrected chi connectivity index (χ3v) is 3.37. The summed E-state index contributed by atoms with van der Waals surface area (Å²) in [7, 11) is 3.07. The van der Waals surface area contributed by atoms with Gasteiger partial charge in [-0.05, 0) is 24.3 Å². The van der Waals surface area contributed by atoms with E-state index in [1.807, 2.05) is 0 Å². The van der Waals surface area contributed by atoms with E-state index in [1.54, 1.807) is 37.4 Å². The summed E-state index contributed by atoms with van der Waals surface area (Å²) in [6.07, 6.45) is 0. The zero-order valence-corrected chi connectivity index (χ0v) is 12.2. The summed E-state index contributed by atoms with van der Waals surface area (Å²) in [5, 5.41) is 19.9. The SMILES string of the molecule is COc1cc2c(OC)cc(O)cc2[o+]c1-c1ccc(O)cc1. The summed E-state index contributed by atoms with van der Waals surface area (Å²) in [6.45, 7) is 0. The average Bonchev–Trinajstić information content (AvgIpc) is 2.53. The number of rotatable bonds is 3. The van der Waals surface area contributed by atoms with E-state index in [-0.39, 0.29) is 11.5 Å². The molecule has 112 valence electrons. The normalized spacial score (nSPS) is 10.6. The van der Waals surface area contributed by atoms with E-state index in [4.69, 9.17) is 13.9 Å². The average molecular weight is 299 g/mol. The van der Waals surface area contributed by atoms with Crippen LogP contribution in [0.1, 0.15) is 0 Å². The maximum Gasteiger partial charge on any atom is 0.402 e. The predicted octanol–water partition coefficient (Wildman–Crippen LogP) is 3.81. The Hall–Kier alpha value is -2.95. The van der Waals surface area contributed by atoms with Crippen LogP contribution in [0.25, 0.3) is 22.3 Å². The zero-order valence-electron chi connectivity index (χ0n) is 12.2. The Morgan fingerprint density at radius 1 is 0.818 bits per heavy atom. The van der Waals surface area contributed by atoms with Gasteiger partial charge in [-0.1, -0.05) is 0 Å². The Bertz CT molecular complexity index is 825. The molecule has 0 aliphatic rings.